The Morgan fingerprint density at radius 1 is 1.11 bits per heavy atom. The van der Waals surface area contributed by atoms with Gasteiger partial charge in [0.2, 0.25) is 5.91 Å². The SMILES string of the molecule is Cc1ccc(OCCNC(=O)Cn2nc(C(N)=O)c3ccccc3c2=O)cc1. The number of rotatable bonds is 7. The van der Waals surface area contributed by atoms with Crippen molar-refractivity contribution in [3.63, 3.8) is 0 Å². The van der Waals surface area contributed by atoms with Gasteiger partial charge in [-0.3, -0.25) is 14.4 Å². The molecule has 0 saturated heterocycles. The predicted molar refractivity (Wildman–Crippen MR) is 104 cm³/mol. The molecule has 144 valence electrons. The molecule has 28 heavy (non-hydrogen) atoms. The van der Waals surface area contributed by atoms with E-state index in [1.54, 1.807) is 24.3 Å². The number of hydrogen-bond acceptors (Lipinski definition) is 5. The van der Waals surface area contributed by atoms with Crippen molar-refractivity contribution in [1.82, 2.24) is 15.1 Å². The van der Waals surface area contributed by atoms with Crippen molar-refractivity contribution in [2.24, 2.45) is 5.73 Å². The number of ether oxygens (including phenoxy) is 1. The van der Waals surface area contributed by atoms with Gasteiger partial charge in [0.05, 0.1) is 11.9 Å². The zero-order valence-corrected chi connectivity index (χ0v) is 15.3. The Bertz CT molecular complexity index is 1070. The average molecular weight is 380 g/mol. The number of hydrogen-bond donors (Lipinski definition) is 2. The van der Waals surface area contributed by atoms with Crippen LogP contribution < -0.4 is 21.3 Å². The van der Waals surface area contributed by atoms with Gasteiger partial charge in [-0.1, -0.05) is 35.9 Å². The van der Waals surface area contributed by atoms with E-state index in [0.29, 0.717) is 11.1 Å². The molecule has 0 unspecified atom stereocenters. The second-order valence-corrected chi connectivity index (χ2v) is 6.23. The number of carbonyl (C=O) groups excluding carboxylic acids is 2. The smallest absolute Gasteiger partial charge is 0.275 e. The lowest BCUT2D eigenvalue weighted by atomic mass is 10.1. The van der Waals surface area contributed by atoms with Gasteiger partial charge in [-0.15, -0.1) is 0 Å². The molecule has 3 aromatic rings. The molecule has 0 atom stereocenters. The summed E-state index contributed by atoms with van der Waals surface area (Å²) in [6, 6.07) is 14.1. The topological polar surface area (TPSA) is 116 Å². The number of aromatic nitrogens is 2. The minimum absolute atomic E-state index is 0.0503. The van der Waals surface area contributed by atoms with Crippen LogP contribution in [0.25, 0.3) is 10.8 Å². The highest BCUT2D eigenvalue weighted by Gasteiger charge is 2.15. The second kappa shape index (κ2) is 8.34. The number of primary amides is 1. The number of amides is 2. The molecule has 2 aromatic carbocycles. The van der Waals surface area contributed by atoms with Crippen LogP contribution in [0.4, 0.5) is 0 Å². The molecule has 1 heterocycles. The fourth-order valence-electron chi connectivity index (χ4n) is 2.71. The van der Waals surface area contributed by atoms with Crippen molar-refractivity contribution < 1.29 is 14.3 Å². The van der Waals surface area contributed by atoms with Crippen molar-refractivity contribution in [2.75, 3.05) is 13.2 Å². The summed E-state index contributed by atoms with van der Waals surface area (Å²) in [5.74, 6) is -0.483. The molecule has 8 heteroatoms. The summed E-state index contributed by atoms with van der Waals surface area (Å²) < 4.78 is 6.48. The molecule has 2 amide bonds. The molecule has 3 N–H and O–H groups in total. The van der Waals surface area contributed by atoms with Crippen LogP contribution in [0, 0.1) is 6.92 Å². The fraction of sp³-hybridized carbons (Fsp3) is 0.200. The van der Waals surface area contributed by atoms with Gasteiger partial charge < -0.3 is 15.8 Å². The van der Waals surface area contributed by atoms with Crippen LogP contribution in [0.15, 0.2) is 53.3 Å². The molecule has 0 spiro atoms. The third-order valence-corrected chi connectivity index (χ3v) is 4.11. The fourth-order valence-corrected chi connectivity index (χ4v) is 2.71. The van der Waals surface area contributed by atoms with Gasteiger partial charge in [-0.2, -0.15) is 5.10 Å². The van der Waals surface area contributed by atoms with Crippen LogP contribution in [-0.2, 0) is 11.3 Å². The van der Waals surface area contributed by atoms with Gasteiger partial charge in [-0.05, 0) is 25.1 Å². The molecule has 8 nitrogen and oxygen atoms in total. The summed E-state index contributed by atoms with van der Waals surface area (Å²) in [5, 5.41) is 7.26. The zero-order valence-electron chi connectivity index (χ0n) is 15.3. The summed E-state index contributed by atoms with van der Waals surface area (Å²) in [7, 11) is 0. The van der Waals surface area contributed by atoms with Crippen molar-refractivity contribution in [3.8, 4) is 5.75 Å². The molecule has 0 aliphatic heterocycles. The first-order valence-electron chi connectivity index (χ1n) is 8.71. The first-order valence-corrected chi connectivity index (χ1v) is 8.71. The van der Waals surface area contributed by atoms with E-state index in [2.05, 4.69) is 10.4 Å². The Labute approximate surface area is 160 Å². The Balaban J connectivity index is 1.64. The summed E-state index contributed by atoms with van der Waals surface area (Å²) in [5.41, 5.74) is 5.97. The third-order valence-electron chi connectivity index (χ3n) is 4.11. The molecular formula is C20H20N4O4. The van der Waals surface area contributed by atoms with Crippen LogP contribution in [-0.4, -0.2) is 34.7 Å². The minimum atomic E-state index is -0.767. The van der Waals surface area contributed by atoms with Gasteiger partial charge in [0, 0.05) is 5.39 Å². The highest BCUT2D eigenvalue weighted by atomic mass is 16.5. The van der Waals surface area contributed by atoms with Crippen LogP contribution >= 0.6 is 0 Å². The highest BCUT2D eigenvalue weighted by molar-refractivity contribution is 6.04. The van der Waals surface area contributed by atoms with Gasteiger partial charge in [0.25, 0.3) is 11.5 Å². The van der Waals surface area contributed by atoms with Crippen LogP contribution in [0.5, 0.6) is 5.75 Å². The Hall–Kier alpha value is -3.68. The van der Waals surface area contributed by atoms with Crippen molar-refractivity contribution >= 4 is 22.6 Å². The summed E-state index contributed by atoms with van der Waals surface area (Å²) in [4.78, 5) is 36.3. The standard InChI is InChI=1S/C20H20N4O4/c1-13-6-8-14(9-7-13)28-11-10-22-17(25)12-24-20(27)16-5-3-2-4-15(16)18(23-24)19(21)26/h2-9H,10-12H2,1H3,(H2,21,26)(H,22,25). The lowest BCUT2D eigenvalue weighted by Crippen LogP contribution is -2.36. The largest absolute Gasteiger partial charge is 0.492 e. The van der Waals surface area contributed by atoms with E-state index in [4.69, 9.17) is 10.5 Å². The minimum Gasteiger partial charge on any atom is -0.492 e. The van der Waals surface area contributed by atoms with Crippen molar-refractivity contribution in [1.29, 1.82) is 0 Å². The van der Waals surface area contributed by atoms with E-state index in [9.17, 15) is 14.4 Å². The van der Waals surface area contributed by atoms with Gasteiger partial charge in [0.15, 0.2) is 5.69 Å². The maximum absolute atomic E-state index is 12.5. The molecule has 0 fully saturated rings. The number of carbonyl (C=O) groups is 2. The zero-order chi connectivity index (χ0) is 20.1. The van der Waals surface area contributed by atoms with E-state index >= 15 is 0 Å². The predicted octanol–water partition coefficient (Wildman–Crippen LogP) is 0.999. The lowest BCUT2D eigenvalue weighted by Gasteiger charge is -2.10. The number of aryl methyl sites for hydroxylation is 1. The number of nitrogens with two attached hydrogens (primary N) is 1. The summed E-state index contributed by atoms with van der Waals surface area (Å²) in [6.45, 7) is 2.20. The molecule has 0 bridgehead atoms. The number of nitrogens with zero attached hydrogens (tertiary/aromatic N) is 2. The Morgan fingerprint density at radius 2 is 1.79 bits per heavy atom. The quantitative estimate of drug-likeness (QED) is 0.593. The maximum Gasteiger partial charge on any atom is 0.275 e. The van der Waals surface area contributed by atoms with E-state index in [1.165, 1.54) is 0 Å². The molecule has 0 saturated carbocycles. The van der Waals surface area contributed by atoms with Crippen LogP contribution in [0.1, 0.15) is 16.1 Å². The molecule has 0 aliphatic rings. The molecule has 1 aromatic heterocycles. The number of benzene rings is 2. The second-order valence-electron chi connectivity index (χ2n) is 6.23. The van der Waals surface area contributed by atoms with Crippen molar-refractivity contribution in [3.05, 3.63) is 70.1 Å². The molecular weight excluding hydrogens is 360 g/mol. The van der Waals surface area contributed by atoms with E-state index < -0.39 is 17.4 Å². The number of nitrogens with one attached hydrogen (secondary N) is 1. The Morgan fingerprint density at radius 3 is 2.46 bits per heavy atom. The van der Waals surface area contributed by atoms with E-state index in [-0.39, 0.29) is 30.8 Å². The Kier molecular flexibility index (Phi) is 5.69. The van der Waals surface area contributed by atoms with Gasteiger partial charge in [-0.25, -0.2) is 4.68 Å². The molecule has 0 radical (unpaired) electrons. The van der Waals surface area contributed by atoms with E-state index in [0.717, 1.165) is 10.2 Å². The first-order chi connectivity index (χ1) is 13.5. The number of fused-ring (bicyclic) bond motifs is 1. The van der Waals surface area contributed by atoms with E-state index in [1.807, 2.05) is 31.2 Å². The monoisotopic (exact) mass is 380 g/mol. The first kappa shape index (κ1) is 19.1. The summed E-state index contributed by atoms with van der Waals surface area (Å²) >= 11 is 0. The third kappa shape index (κ3) is 4.35. The van der Waals surface area contributed by atoms with Crippen molar-refractivity contribution in [2.45, 2.75) is 13.5 Å². The maximum atomic E-state index is 12.5. The molecule has 0 aliphatic carbocycles. The highest BCUT2D eigenvalue weighted by Crippen LogP contribution is 2.12. The summed E-state index contributed by atoms with van der Waals surface area (Å²) in [6.07, 6.45) is 0. The normalized spacial score (nSPS) is 10.6. The average Bonchev–Trinajstić information content (AvgIpc) is 2.68. The van der Waals surface area contributed by atoms with Gasteiger partial charge in [0.1, 0.15) is 18.9 Å². The van der Waals surface area contributed by atoms with Crippen LogP contribution in [0.2, 0.25) is 0 Å². The van der Waals surface area contributed by atoms with Gasteiger partial charge >= 0.3 is 0 Å². The van der Waals surface area contributed by atoms with Crippen LogP contribution in [0.3, 0.4) is 0 Å². The lowest BCUT2D eigenvalue weighted by molar-refractivity contribution is -0.122. The molecule has 3 rings (SSSR count).